The Labute approximate surface area is 115 Å². The van der Waals surface area contributed by atoms with E-state index < -0.39 is 0 Å². The van der Waals surface area contributed by atoms with Crippen LogP contribution in [0.1, 0.15) is 31.4 Å². The van der Waals surface area contributed by atoms with E-state index in [1.807, 2.05) is 27.0 Å². The van der Waals surface area contributed by atoms with Gasteiger partial charge in [0, 0.05) is 25.8 Å². The van der Waals surface area contributed by atoms with Crippen molar-refractivity contribution < 1.29 is 13.9 Å². The summed E-state index contributed by atoms with van der Waals surface area (Å²) in [5, 5.41) is 3.05. The number of nitrogens with one attached hydrogen (secondary N) is 1. The monoisotopic (exact) mass is 269 g/mol. The molecule has 0 aromatic heterocycles. The maximum absolute atomic E-state index is 13.6. The van der Waals surface area contributed by atoms with E-state index in [1.165, 1.54) is 6.07 Å². The molecule has 19 heavy (non-hydrogen) atoms. The van der Waals surface area contributed by atoms with Gasteiger partial charge in [0.05, 0.1) is 12.2 Å². The molecule has 0 amide bonds. The van der Waals surface area contributed by atoms with E-state index in [0.717, 1.165) is 18.5 Å². The van der Waals surface area contributed by atoms with Gasteiger partial charge >= 0.3 is 0 Å². The zero-order valence-corrected chi connectivity index (χ0v) is 12.3. The van der Waals surface area contributed by atoms with Crippen LogP contribution in [0.4, 0.5) is 4.39 Å². The zero-order valence-electron chi connectivity index (χ0n) is 12.3. The maximum atomic E-state index is 13.6. The Morgan fingerprint density at radius 2 is 2.05 bits per heavy atom. The molecule has 0 aliphatic rings. The second-order valence-corrected chi connectivity index (χ2v) is 5.22. The number of hydrogen-bond donors (Lipinski definition) is 1. The molecule has 1 aromatic rings. The highest BCUT2D eigenvalue weighted by atomic mass is 19.1. The normalized spacial score (nSPS) is 11.8. The van der Waals surface area contributed by atoms with Crippen LogP contribution in [-0.4, -0.2) is 26.4 Å². The Morgan fingerprint density at radius 3 is 2.68 bits per heavy atom. The van der Waals surface area contributed by atoms with Crippen molar-refractivity contribution in [2.24, 2.45) is 0 Å². The molecule has 1 N–H and O–H groups in total. The SMILES string of the molecule is CNCc1ccc(F)c(COCCC(C)(C)OC)c1. The molecule has 4 heteroatoms. The summed E-state index contributed by atoms with van der Waals surface area (Å²) in [6, 6.07) is 5.11. The van der Waals surface area contributed by atoms with E-state index in [1.54, 1.807) is 13.2 Å². The topological polar surface area (TPSA) is 30.5 Å². The first kappa shape index (κ1) is 16.1. The molecule has 0 saturated carbocycles. The third kappa shape index (κ3) is 5.68. The molecule has 0 bridgehead atoms. The number of benzene rings is 1. The maximum Gasteiger partial charge on any atom is 0.128 e. The third-order valence-corrected chi connectivity index (χ3v) is 3.15. The minimum absolute atomic E-state index is 0.202. The lowest BCUT2D eigenvalue weighted by molar-refractivity contribution is -0.0127. The van der Waals surface area contributed by atoms with Crippen LogP contribution < -0.4 is 5.32 Å². The molecule has 3 nitrogen and oxygen atoms in total. The van der Waals surface area contributed by atoms with Crippen LogP contribution in [-0.2, 0) is 22.6 Å². The lowest BCUT2D eigenvalue weighted by Crippen LogP contribution is -2.24. The van der Waals surface area contributed by atoms with Crippen molar-refractivity contribution >= 4 is 0 Å². The Bertz CT molecular complexity index is 394. The van der Waals surface area contributed by atoms with Gasteiger partial charge in [-0.05, 0) is 45.0 Å². The van der Waals surface area contributed by atoms with Gasteiger partial charge in [-0.1, -0.05) is 6.07 Å². The molecule has 0 aliphatic carbocycles. The average Bonchev–Trinajstić information content (AvgIpc) is 2.38. The summed E-state index contributed by atoms with van der Waals surface area (Å²) in [7, 11) is 3.55. The predicted molar refractivity (Wildman–Crippen MR) is 74.5 cm³/mol. The van der Waals surface area contributed by atoms with Gasteiger partial charge in [-0.2, -0.15) is 0 Å². The molecule has 1 rings (SSSR count). The summed E-state index contributed by atoms with van der Waals surface area (Å²) in [5.41, 5.74) is 1.45. The van der Waals surface area contributed by atoms with Crippen molar-refractivity contribution in [3.8, 4) is 0 Å². The molecule has 0 saturated heterocycles. The summed E-state index contributed by atoms with van der Waals surface area (Å²) in [4.78, 5) is 0. The average molecular weight is 269 g/mol. The van der Waals surface area contributed by atoms with Crippen LogP contribution in [0.2, 0.25) is 0 Å². The van der Waals surface area contributed by atoms with Crippen LogP contribution in [0, 0.1) is 5.82 Å². The Balaban J connectivity index is 2.46. The number of methoxy groups -OCH3 is 1. The van der Waals surface area contributed by atoms with Crippen molar-refractivity contribution in [3.63, 3.8) is 0 Å². The smallest absolute Gasteiger partial charge is 0.128 e. The first-order valence-corrected chi connectivity index (χ1v) is 6.53. The Kier molecular flexibility index (Phi) is 6.42. The lowest BCUT2D eigenvalue weighted by Gasteiger charge is -2.22. The molecule has 0 fully saturated rings. The molecule has 0 unspecified atom stereocenters. The van der Waals surface area contributed by atoms with Crippen LogP contribution in [0.25, 0.3) is 0 Å². The summed E-state index contributed by atoms with van der Waals surface area (Å²) in [5.74, 6) is -0.217. The Morgan fingerprint density at radius 1 is 1.32 bits per heavy atom. The molecule has 0 radical (unpaired) electrons. The second kappa shape index (κ2) is 7.58. The van der Waals surface area contributed by atoms with E-state index in [0.29, 0.717) is 18.8 Å². The molecule has 0 spiro atoms. The summed E-state index contributed by atoms with van der Waals surface area (Å²) >= 11 is 0. The highest BCUT2D eigenvalue weighted by molar-refractivity contribution is 5.24. The van der Waals surface area contributed by atoms with E-state index in [2.05, 4.69) is 5.32 Å². The standard InChI is InChI=1S/C15H24FNO2/c1-15(2,18-4)7-8-19-11-13-9-12(10-17-3)5-6-14(13)16/h5-6,9,17H,7-8,10-11H2,1-4H3. The fraction of sp³-hybridized carbons (Fsp3) is 0.600. The van der Waals surface area contributed by atoms with Crippen molar-refractivity contribution in [2.75, 3.05) is 20.8 Å². The van der Waals surface area contributed by atoms with Gasteiger partial charge in [-0.3, -0.25) is 0 Å². The van der Waals surface area contributed by atoms with Gasteiger partial charge in [0.25, 0.3) is 0 Å². The summed E-state index contributed by atoms with van der Waals surface area (Å²) < 4.78 is 24.4. The van der Waals surface area contributed by atoms with Crippen molar-refractivity contribution in [2.45, 2.75) is 39.0 Å². The van der Waals surface area contributed by atoms with Gasteiger partial charge in [0.15, 0.2) is 0 Å². The van der Waals surface area contributed by atoms with Crippen molar-refractivity contribution in [1.29, 1.82) is 0 Å². The molecular formula is C15H24FNO2. The molecule has 0 aliphatic heterocycles. The van der Waals surface area contributed by atoms with Crippen LogP contribution in [0.15, 0.2) is 18.2 Å². The van der Waals surface area contributed by atoms with Gasteiger partial charge in [-0.15, -0.1) is 0 Å². The zero-order chi connectivity index (χ0) is 14.3. The minimum Gasteiger partial charge on any atom is -0.379 e. The molecule has 0 atom stereocenters. The van der Waals surface area contributed by atoms with E-state index >= 15 is 0 Å². The first-order valence-electron chi connectivity index (χ1n) is 6.53. The number of ether oxygens (including phenoxy) is 2. The van der Waals surface area contributed by atoms with Gasteiger partial charge in [0.1, 0.15) is 5.82 Å². The van der Waals surface area contributed by atoms with Gasteiger partial charge in [0.2, 0.25) is 0 Å². The van der Waals surface area contributed by atoms with E-state index in [4.69, 9.17) is 9.47 Å². The van der Waals surface area contributed by atoms with Gasteiger partial charge < -0.3 is 14.8 Å². The minimum atomic E-state index is -0.217. The fourth-order valence-electron chi connectivity index (χ4n) is 1.65. The highest BCUT2D eigenvalue weighted by Gasteiger charge is 2.15. The van der Waals surface area contributed by atoms with Crippen molar-refractivity contribution in [1.82, 2.24) is 5.32 Å². The molecule has 108 valence electrons. The molecule has 0 heterocycles. The van der Waals surface area contributed by atoms with Gasteiger partial charge in [-0.25, -0.2) is 4.39 Å². The number of halogens is 1. The first-order chi connectivity index (χ1) is 8.98. The van der Waals surface area contributed by atoms with Crippen LogP contribution in [0.3, 0.4) is 0 Å². The third-order valence-electron chi connectivity index (χ3n) is 3.15. The fourth-order valence-corrected chi connectivity index (χ4v) is 1.65. The predicted octanol–water partition coefficient (Wildman–Crippen LogP) is 2.88. The lowest BCUT2D eigenvalue weighted by atomic mass is 10.1. The summed E-state index contributed by atoms with van der Waals surface area (Å²) in [6.07, 6.45) is 0.779. The van der Waals surface area contributed by atoms with E-state index in [-0.39, 0.29) is 11.4 Å². The van der Waals surface area contributed by atoms with Crippen LogP contribution in [0.5, 0.6) is 0 Å². The Hall–Kier alpha value is -0.970. The second-order valence-electron chi connectivity index (χ2n) is 5.22. The molecular weight excluding hydrogens is 245 g/mol. The summed E-state index contributed by atoms with van der Waals surface area (Å²) in [6.45, 7) is 5.58. The quantitative estimate of drug-likeness (QED) is 0.736. The van der Waals surface area contributed by atoms with Crippen molar-refractivity contribution in [3.05, 3.63) is 35.1 Å². The van der Waals surface area contributed by atoms with Crippen LogP contribution >= 0.6 is 0 Å². The highest BCUT2D eigenvalue weighted by Crippen LogP contribution is 2.15. The van der Waals surface area contributed by atoms with E-state index in [9.17, 15) is 4.39 Å². The number of hydrogen-bond acceptors (Lipinski definition) is 3. The molecule has 1 aromatic carbocycles. The number of rotatable bonds is 8. The largest absolute Gasteiger partial charge is 0.379 e.